The molecule has 1 aromatic heterocycles. The van der Waals surface area contributed by atoms with Crippen LogP contribution in [0.2, 0.25) is 5.02 Å². The lowest BCUT2D eigenvalue weighted by Crippen LogP contribution is -2.48. The van der Waals surface area contributed by atoms with Gasteiger partial charge in [-0.2, -0.15) is 4.72 Å². The molecule has 2 N–H and O–H groups in total. The Bertz CT molecular complexity index is 1100. The molecule has 3 aromatic rings. The molecule has 0 aliphatic rings. The third-order valence-corrected chi connectivity index (χ3v) is 5.68. The lowest BCUT2D eigenvalue weighted by atomic mass is 10.2. The summed E-state index contributed by atoms with van der Waals surface area (Å²) in [5, 5.41) is 17.9. The largest absolute Gasteiger partial charge is 0.454 e. The van der Waals surface area contributed by atoms with Crippen LogP contribution in [0.25, 0.3) is 11.5 Å². The molecule has 0 spiro atoms. The quantitative estimate of drug-likeness (QED) is 0.498. The summed E-state index contributed by atoms with van der Waals surface area (Å²) in [6, 6.07) is 12.8. The fourth-order valence-electron chi connectivity index (χ4n) is 2.42. The highest BCUT2D eigenvalue weighted by molar-refractivity contribution is 7.89. The highest BCUT2D eigenvalue weighted by Gasteiger charge is 2.31. The zero-order chi connectivity index (χ0) is 21.7. The molecule has 158 valence electrons. The zero-order valence-corrected chi connectivity index (χ0v) is 17.3. The molecule has 0 aliphatic heterocycles. The highest BCUT2D eigenvalue weighted by atomic mass is 35.5. The van der Waals surface area contributed by atoms with Crippen LogP contribution in [0.1, 0.15) is 12.8 Å². The maximum absolute atomic E-state index is 12.5. The van der Waals surface area contributed by atoms with Crippen molar-refractivity contribution in [2.75, 3.05) is 0 Å². The second kappa shape index (κ2) is 9.35. The van der Waals surface area contributed by atoms with E-state index in [2.05, 4.69) is 14.9 Å². The minimum atomic E-state index is -4.10. The number of aliphatic hydroxyl groups excluding tert-OH is 1. The normalized spacial score (nSPS) is 13.6. The minimum Gasteiger partial charge on any atom is -0.454 e. The van der Waals surface area contributed by atoms with Gasteiger partial charge in [-0.15, -0.1) is 10.2 Å². The van der Waals surface area contributed by atoms with Crippen molar-refractivity contribution in [1.29, 1.82) is 0 Å². The number of sulfonamides is 1. The van der Waals surface area contributed by atoms with Gasteiger partial charge in [0, 0.05) is 10.6 Å². The van der Waals surface area contributed by atoms with E-state index >= 15 is 0 Å². The van der Waals surface area contributed by atoms with Crippen molar-refractivity contribution in [2.45, 2.75) is 30.6 Å². The predicted octanol–water partition coefficient (Wildman–Crippen LogP) is 2.16. The zero-order valence-electron chi connectivity index (χ0n) is 15.7. The molecule has 2 aromatic carbocycles. The number of hydrogen-bond donors (Lipinski definition) is 2. The number of nitrogens with zero attached hydrogens (tertiary/aromatic N) is 2. The first-order valence-corrected chi connectivity index (χ1v) is 10.6. The van der Waals surface area contributed by atoms with Crippen molar-refractivity contribution in [3.8, 4) is 11.5 Å². The topological polar surface area (TPSA) is 132 Å². The van der Waals surface area contributed by atoms with E-state index < -0.39 is 28.1 Å². The Morgan fingerprint density at radius 2 is 1.83 bits per heavy atom. The summed E-state index contributed by atoms with van der Waals surface area (Å²) < 4.78 is 37.6. The Kier molecular flexibility index (Phi) is 6.83. The molecule has 0 amide bonds. The van der Waals surface area contributed by atoms with Gasteiger partial charge in [-0.1, -0.05) is 29.8 Å². The van der Waals surface area contributed by atoms with Gasteiger partial charge in [0.1, 0.15) is 6.04 Å². The summed E-state index contributed by atoms with van der Waals surface area (Å²) in [5.41, 5.74) is 0.695. The van der Waals surface area contributed by atoms with Crippen molar-refractivity contribution >= 4 is 27.6 Å². The Hall–Kier alpha value is -2.79. The summed E-state index contributed by atoms with van der Waals surface area (Å²) >= 11 is 5.76. The van der Waals surface area contributed by atoms with E-state index in [0.717, 1.165) is 0 Å². The Labute approximate surface area is 177 Å². The molecule has 9 nitrogen and oxygen atoms in total. The van der Waals surface area contributed by atoms with Crippen LogP contribution in [0.15, 0.2) is 63.9 Å². The van der Waals surface area contributed by atoms with Crippen LogP contribution in [0.3, 0.4) is 0 Å². The molecular weight excluding hydrogens is 434 g/mol. The van der Waals surface area contributed by atoms with Crippen molar-refractivity contribution in [1.82, 2.24) is 14.9 Å². The average Bonchev–Trinajstić information content (AvgIpc) is 3.20. The number of carbonyl (C=O) groups excluding carboxylic acids is 1. The number of benzene rings is 2. The van der Waals surface area contributed by atoms with Gasteiger partial charge in [-0.3, -0.25) is 4.79 Å². The molecule has 0 radical (unpaired) electrons. The first-order chi connectivity index (χ1) is 14.3. The molecule has 0 unspecified atom stereocenters. The lowest BCUT2D eigenvalue weighted by Gasteiger charge is -2.19. The smallest absolute Gasteiger partial charge is 0.327 e. The van der Waals surface area contributed by atoms with Crippen LogP contribution in [-0.4, -0.2) is 41.8 Å². The van der Waals surface area contributed by atoms with E-state index in [1.165, 1.54) is 31.2 Å². The summed E-state index contributed by atoms with van der Waals surface area (Å²) in [6.45, 7) is 0.876. The summed E-state index contributed by atoms with van der Waals surface area (Å²) in [5.74, 6) is -0.730. The predicted molar refractivity (Wildman–Crippen MR) is 107 cm³/mol. The summed E-state index contributed by atoms with van der Waals surface area (Å²) in [6.07, 6.45) is -1.36. The number of esters is 1. The Morgan fingerprint density at radius 1 is 1.17 bits per heavy atom. The maximum atomic E-state index is 12.5. The van der Waals surface area contributed by atoms with E-state index in [4.69, 9.17) is 20.8 Å². The Balaban J connectivity index is 1.66. The molecule has 0 saturated carbocycles. The van der Waals surface area contributed by atoms with Crippen LogP contribution < -0.4 is 4.72 Å². The second-order valence-corrected chi connectivity index (χ2v) is 8.42. The van der Waals surface area contributed by atoms with E-state index in [0.29, 0.717) is 10.6 Å². The number of aromatic nitrogens is 2. The van der Waals surface area contributed by atoms with Gasteiger partial charge >= 0.3 is 5.97 Å². The maximum Gasteiger partial charge on any atom is 0.327 e. The standard InChI is InChI=1S/C19H18ClN3O6S/c1-12(24)17(23-30(26,27)15-9-7-14(20)8-10-15)19(25)28-11-16-21-22-18(29-16)13-5-3-2-4-6-13/h2-10,12,17,23-24H,11H2,1H3/t12-,17+/m1/s1. The molecule has 0 saturated heterocycles. The van der Waals surface area contributed by atoms with Crippen LogP contribution in [0.5, 0.6) is 0 Å². The van der Waals surface area contributed by atoms with Crippen LogP contribution in [0.4, 0.5) is 0 Å². The summed E-state index contributed by atoms with van der Waals surface area (Å²) in [7, 11) is -4.10. The third-order valence-electron chi connectivity index (χ3n) is 3.97. The van der Waals surface area contributed by atoms with Gasteiger partial charge in [0.25, 0.3) is 5.89 Å². The fourth-order valence-corrected chi connectivity index (χ4v) is 3.81. The van der Waals surface area contributed by atoms with Crippen LogP contribution in [0, 0.1) is 0 Å². The Morgan fingerprint density at radius 3 is 2.47 bits per heavy atom. The van der Waals surface area contributed by atoms with Gasteiger partial charge < -0.3 is 14.3 Å². The molecule has 3 rings (SSSR count). The average molecular weight is 452 g/mol. The molecule has 0 fully saturated rings. The van der Waals surface area contributed by atoms with E-state index in [9.17, 15) is 18.3 Å². The number of carbonyl (C=O) groups is 1. The lowest BCUT2D eigenvalue weighted by molar-refractivity contribution is -0.150. The first-order valence-electron chi connectivity index (χ1n) is 8.76. The van der Waals surface area contributed by atoms with E-state index in [-0.39, 0.29) is 23.3 Å². The van der Waals surface area contributed by atoms with Gasteiger partial charge in [0.05, 0.1) is 11.0 Å². The van der Waals surface area contributed by atoms with Crippen molar-refractivity contribution in [3.05, 3.63) is 65.5 Å². The number of rotatable bonds is 8. The van der Waals surface area contributed by atoms with Crippen LogP contribution in [-0.2, 0) is 26.2 Å². The number of hydrogen-bond acceptors (Lipinski definition) is 8. The van der Waals surface area contributed by atoms with Gasteiger partial charge in [0.2, 0.25) is 15.9 Å². The van der Waals surface area contributed by atoms with Gasteiger partial charge in [0.15, 0.2) is 6.61 Å². The molecule has 11 heteroatoms. The summed E-state index contributed by atoms with van der Waals surface area (Å²) in [4.78, 5) is 12.3. The molecule has 2 atom stereocenters. The first kappa shape index (κ1) is 21.9. The van der Waals surface area contributed by atoms with Gasteiger partial charge in [-0.05, 0) is 43.3 Å². The van der Waals surface area contributed by atoms with Crippen molar-refractivity contribution < 1.29 is 27.5 Å². The number of halogens is 1. The second-order valence-electron chi connectivity index (χ2n) is 6.27. The molecule has 1 heterocycles. The van der Waals surface area contributed by atoms with Crippen LogP contribution >= 0.6 is 11.6 Å². The van der Waals surface area contributed by atoms with E-state index in [1.54, 1.807) is 24.3 Å². The molecular formula is C19H18ClN3O6S. The monoisotopic (exact) mass is 451 g/mol. The fraction of sp³-hybridized carbons (Fsp3) is 0.211. The molecule has 30 heavy (non-hydrogen) atoms. The highest BCUT2D eigenvalue weighted by Crippen LogP contribution is 2.18. The van der Waals surface area contributed by atoms with Gasteiger partial charge in [-0.25, -0.2) is 8.42 Å². The third kappa shape index (κ3) is 5.42. The molecule has 0 bridgehead atoms. The van der Waals surface area contributed by atoms with Crippen molar-refractivity contribution in [3.63, 3.8) is 0 Å². The molecule has 0 aliphatic carbocycles. The van der Waals surface area contributed by atoms with E-state index in [1.807, 2.05) is 6.07 Å². The SMILES string of the molecule is C[C@@H](O)[C@H](NS(=O)(=O)c1ccc(Cl)cc1)C(=O)OCc1nnc(-c2ccccc2)o1. The minimum absolute atomic E-state index is 0.0205. The number of ether oxygens (including phenoxy) is 1. The number of nitrogens with one attached hydrogen (secondary N) is 1. The number of aliphatic hydroxyl groups is 1. The van der Waals surface area contributed by atoms with Crippen molar-refractivity contribution in [2.24, 2.45) is 0 Å².